The third-order valence-corrected chi connectivity index (χ3v) is 4.52. The molecule has 1 aliphatic carbocycles. The molecule has 1 saturated carbocycles. The van der Waals surface area contributed by atoms with Crippen molar-refractivity contribution in [3.8, 4) is 0 Å². The summed E-state index contributed by atoms with van der Waals surface area (Å²) in [6.45, 7) is 2.38. The van der Waals surface area contributed by atoms with E-state index in [9.17, 15) is 9.59 Å². The fourth-order valence-corrected chi connectivity index (χ4v) is 3.24. The van der Waals surface area contributed by atoms with Gasteiger partial charge in [-0.3, -0.25) is 4.79 Å². The number of rotatable bonds is 2. The van der Waals surface area contributed by atoms with Crippen LogP contribution in [-0.4, -0.2) is 40.6 Å². The van der Waals surface area contributed by atoms with E-state index in [0.29, 0.717) is 13.0 Å². The maximum Gasteiger partial charge on any atom is 0.317 e. The first kappa shape index (κ1) is 14.2. The van der Waals surface area contributed by atoms with E-state index in [2.05, 4.69) is 5.32 Å². The summed E-state index contributed by atoms with van der Waals surface area (Å²) in [4.78, 5) is 25.0. The highest BCUT2D eigenvalue weighted by Crippen LogP contribution is 2.25. The molecule has 0 aromatic heterocycles. The molecule has 0 bridgehead atoms. The Labute approximate surface area is 114 Å². The van der Waals surface area contributed by atoms with Gasteiger partial charge in [0.2, 0.25) is 0 Å². The zero-order valence-electron chi connectivity index (χ0n) is 11.6. The second-order valence-electron chi connectivity index (χ2n) is 5.81. The zero-order valence-corrected chi connectivity index (χ0v) is 11.6. The number of carbonyl (C=O) groups excluding carboxylic acids is 1. The number of carboxylic acid groups (broad SMARTS) is 1. The lowest BCUT2D eigenvalue weighted by Crippen LogP contribution is -2.47. The molecule has 2 N–H and O–H groups in total. The van der Waals surface area contributed by atoms with Gasteiger partial charge in [0.1, 0.15) is 0 Å². The number of aliphatic carboxylic acids is 1. The molecule has 2 rings (SSSR count). The highest BCUT2D eigenvalue weighted by Gasteiger charge is 2.38. The van der Waals surface area contributed by atoms with E-state index in [-0.39, 0.29) is 18.1 Å². The number of carboxylic acids is 1. The topological polar surface area (TPSA) is 69.6 Å². The summed E-state index contributed by atoms with van der Waals surface area (Å²) in [7, 11) is 0. The number of likely N-dealkylation sites (tertiary alicyclic amines) is 1. The summed E-state index contributed by atoms with van der Waals surface area (Å²) < 4.78 is 0. The van der Waals surface area contributed by atoms with Crippen LogP contribution in [0.15, 0.2) is 0 Å². The Hall–Kier alpha value is -1.26. The number of urea groups is 1. The Morgan fingerprint density at radius 3 is 2.26 bits per heavy atom. The van der Waals surface area contributed by atoms with E-state index in [1.807, 2.05) is 6.92 Å². The smallest absolute Gasteiger partial charge is 0.317 e. The number of hydrogen-bond acceptors (Lipinski definition) is 2. The lowest BCUT2D eigenvalue weighted by atomic mass is 10.0. The predicted molar refractivity (Wildman–Crippen MR) is 71.9 cm³/mol. The largest absolute Gasteiger partial charge is 0.481 e. The molecule has 0 aromatic carbocycles. The quantitative estimate of drug-likeness (QED) is 0.754. The van der Waals surface area contributed by atoms with Crippen LogP contribution in [0.1, 0.15) is 51.9 Å². The third kappa shape index (κ3) is 3.39. The standard InChI is InChI=1S/C14H24N2O3/c1-10-12(13(17)18)8-9-16(10)14(19)15-11-6-4-2-3-5-7-11/h10-12H,2-9H2,1H3,(H,15,19)(H,17,18). The molecule has 0 spiro atoms. The molecule has 2 amide bonds. The second-order valence-corrected chi connectivity index (χ2v) is 5.81. The van der Waals surface area contributed by atoms with Gasteiger partial charge in [-0.1, -0.05) is 25.7 Å². The maximum absolute atomic E-state index is 12.2. The number of hydrogen-bond donors (Lipinski definition) is 2. The van der Waals surface area contributed by atoms with Gasteiger partial charge in [0.25, 0.3) is 0 Å². The van der Waals surface area contributed by atoms with Gasteiger partial charge in [-0.05, 0) is 26.2 Å². The summed E-state index contributed by atoms with van der Waals surface area (Å²) in [5.74, 6) is -1.21. The Balaban J connectivity index is 1.87. The molecule has 2 atom stereocenters. The van der Waals surface area contributed by atoms with Crippen molar-refractivity contribution in [3.63, 3.8) is 0 Å². The van der Waals surface area contributed by atoms with E-state index >= 15 is 0 Å². The Bertz CT molecular complexity index is 338. The number of carbonyl (C=O) groups is 2. The highest BCUT2D eigenvalue weighted by molar-refractivity contribution is 5.78. The first-order valence-corrected chi connectivity index (χ1v) is 7.39. The van der Waals surface area contributed by atoms with E-state index in [1.165, 1.54) is 25.7 Å². The van der Waals surface area contributed by atoms with Crippen molar-refractivity contribution in [2.45, 2.75) is 64.0 Å². The molecule has 5 heteroatoms. The molecule has 19 heavy (non-hydrogen) atoms. The first-order chi connectivity index (χ1) is 9.09. The summed E-state index contributed by atoms with van der Waals surface area (Å²) in [5, 5.41) is 12.2. The lowest BCUT2D eigenvalue weighted by Gasteiger charge is -2.26. The summed E-state index contributed by atoms with van der Waals surface area (Å²) >= 11 is 0. The van der Waals surface area contributed by atoms with Gasteiger partial charge >= 0.3 is 12.0 Å². The van der Waals surface area contributed by atoms with Crippen molar-refractivity contribution in [3.05, 3.63) is 0 Å². The molecule has 5 nitrogen and oxygen atoms in total. The monoisotopic (exact) mass is 268 g/mol. The molecule has 108 valence electrons. The maximum atomic E-state index is 12.2. The average Bonchev–Trinajstić information content (AvgIpc) is 2.58. The molecule has 0 radical (unpaired) electrons. The average molecular weight is 268 g/mol. The van der Waals surface area contributed by atoms with Crippen LogP contribution in [0.4, 0.5) is 4.79 Å². The number of nitrogens with zero attached hydrogens (tertiary/aromatic N) is 1. The van der Waals surface area contributed by atoms with E-state index in [1.54, 1.807) is 4.90 Å². The molecule has 2 aliphatic rings. The normalized spacial score (nSPS) is 29.0. The van der Waals surface area contributed by atoms with Crippen LogP contribution in [0.3, 0.4) is 0 Å². The van der Waals surface area contributed by atoms with Gasteiger partial charge in [-0.2, -0.15) is 0 Å². The van der Waals surface area contributed by atoms with Crippen molar-refractivity contribution >= 4 is 12.0 Å². The van der Waals surface area contributed by atoms with Gasteiger partial charge in [0, 0.05) is 18.6 Å². The fraction of sp³-hybridized carbons (Fsp3) is 0.857. The van der Waals surface area contributed by atoms with Crippen LogP contribution in [0.5, 0.6) is 0 Å². The van der Waals surface area contributed by atoms with E-state index in [0.717, 1.165) is 12.8 Å². The molecular weight excluding hydrogens is 244 g/mol. The summed E-state index contributed by atoms with van der Waals surface area (Å²) in [5.41, 5.74) is 0. The minimum atomic E-state index is -0.794. The van der Waals surface area contributed by atoms with Gasteiger partial charge in [0.05, 0.1) is 5.92 Å². The predicted octanol–water partition coefficient (Wildman–Crippen LogP) is 2.21. The number of amides is 2. The molecule has 1 saturated heterocycles. The summed E-state index contributed by atoms with van der Waals surface area (Å²) in [6, 6.07) is -0.0162. The minimum Gasteiger partial charge on any atom is -0.481 e. The van der Waals surface area contributed by atoms with Crippen molar-refractivity contribution in [1.29, 1.82) is 0 Å². The number of nitrogens with one attached hydrogen (secondary N) is 1. The molecule has 2 unspecified atom stereocenters. The Kier molecular flexibility index (Phi) is 4.66. The van der Waals surface area contributed by atoms with Gasteiger partial charge in [-0.15, -0.1) is 0 Å². The fourth-order valence-electron chi connectivity index (χ4n) is 3.24. The minimum absolute atomic E-state index is 0.0804. The van der Waals surface area contributed by atoms with Crippen LogP contribution in [0.25, 0.3) is 0 Å². The summed E-state index contributed by atoms with van der Waals surface area (Å²) in [6.07, 6.45) is 7.54. The van der Waals surface area contributed by atoms with Crippen molar-refractivity contribution < 1.29 is 14.7 Å². The molecule has 0 aromatic rings. The SMILES string of the molecule is CC1C(C(=O)O)CCN1C(=O)NC1CCCCCC1. The third-order valence-electron chi connectivity index (χ3n) is 4.52. The van der Waals surface area contributed by atoms with E-state index < -0.39 is 11.9 Å². The first-order valence-electron chi connectivity index (χ1n) is 7.39. The van der Waals surface area contributed by atoms with Gasteiger partial charge < -0.3 is 15.3 Å². The molecular formula is C14H24N2O3. The Morgan fingerprint density at radius 1 is 1.11 bits per heavy atom. The second kappa shape index (κ2) is 6.26. The molecule has 1 aliphatic heterocycles. The lowest BCUT2D eigenvalue weighted by molar-refractivity contribution is -0.142. The van der Waals surface area contributed by atoms with Crippen LogP contribution >= 0.6 is 0 Å². The Morgan fingerprint density at radius 2 is 1.74 bits per heavy atom. The highest BCUT2D eigenvalue weighted by atomic mass is 16.4. The van der Waals surface area contributed by atoms with Crippen molar-refractivity contribution in [2.75, 3.05) is 6.54 Å². The van der Waals surface area contributed by atoms with Crippen LogP contribution in [-0.2, 0) is 4.79 Å². The van der Waals surface area contributed by atoms with Crippen LogP contribution < -0.4 is 5.32 Å². The zero-order chi connectivity index (χ0) is 13.8. The van der Waals surface area contributed by atoms with Crippen molar-refractivity contribution in [2.24, 2.45) is 5.92 Å². The van der Waals surface area contributed by atoms with Gasteiger partial charge in [-0.25, -0.2) is 4.79 Å². The van der Waals surface area contributed by atoms with E-state index in [4.69, 9.17) is 5.11 Å². The molecule has 2 fully saturated rings. The van der Waals surface area contributed by atoms with Gasteiger partial charge in [0.15, 0.2) is 0 Å². The van der Waals surface area contributed by atoms with Crippen LogP contribution in [0.2, 0.25) is 0 Å². The van der Waals surface area contributed by atoms with Crippen LogP contribution in [0, 0.1) is 5.92 Å². The molecule has 1 heterocycles. The van der Waals surface area contributed by atoms with Crippen molar-refractivity contribution in [1.82, 2.24) is 10.2 Å².